The van der Waals surface area contributed by atoms with E-state index >= 15 is 0 Å². The topological polar surface area (TPSA) is 72.3 Å². The summed E-state index contributed by atoms with van der Waals surface area (Å²) >= 11 is 0. The van der Waals surface area contributed by atoms with Gasteiger partial charge in [-0.15, -0.1) is 0 Å². The van der Waals surface area contributed by atoms with E-state index in [4.69, 9.17) is 0 Å². The Hall–Kier alpha value is -1.99. The number of aryl methyl sites for hydroxylation is 2. The fraction of sp³-hybridized carbons (Fsp3) is 0.524. The zero-order valence-corrected chi connectivity index (χ0v) is 17.4. The molecule has 1 aliphatic heterocycles. The number of hydrogen-bond donors (Lipinski definition) is 0. The second-order valence-corrected chi connectivity index (χ2v) is 9.79. The van der Waals surface area contributed by atoms with Crippen molar-refractivity contribution < 1.29 is 8.42 Å². The Morgan fingerprint density at radius 1 is 0.964 bits per heavy atom. The summed E-state index contributed by atoms with van der Waals surface area (Å²) in [4.78, 5) is 12.8. The van der Waals surface area contributed by atoms with E-state index in [1.54, 1.807) is 17.4 Å². The van der Waals surface area contributed by atoms with E-state index < -0.39 is 10.0 Å². The molecule has 1 aliphatic carbocycles. The fourth-order valence-electron chi connectivity index (χ4n) is 4.36. The van der Waals surface area contributed by atoms with Gasteiger partial charge in [-0.2, -0.15) is 9.40 Å². The number of hydrogen-bond acceptors (Lipinski definition) is 4. The van der Waals surface area contributed by atoms with Gasteiger partial charge in [-0.05, 0) is 62.6 Å². The largest absolute Gasteiger partial charge is 0.269 e. The Kier molecular flexibility index (Phi) is 5.14. The van der Waals surface area contributed by atoms with Crippen LogP contribution in [0.1, 0.15) is 48.8 Å². The average molecular weight is 402 g/mol. The molecular formula is C21H27N3O3S. The minimum Gasteiger partial charge on any atom is -0.268 e. The van der Waals surface area contributed by atoms with E-state index in [9.17, 15) is 13.2 Å². The van der Waals surface area contributed by atoms with Gasteiger partial charge < -0.3 is 0 Å². The van der Waals surface area contributed by atoms with Crippen LogP contribution >= 0.6 is 0 Å². The first-order chi connectivity index (χ1) is 13.4. The average Bonchev–Trinajstić information content (AvgIpc) is 2.72. The Morgan fingerprint density at radius 3 is 2.36 bits per heavy atom. The van der Waals surface area contributed by atoms with Crippen LogP contribution in [-0.2, 0) is 29.9 Å². The SMILES string of the molecule is Cc1ccc(-c2nn(C)c(=O)c3c2CCCC3)cc1S(=O)(=O)N1CCCCC1. The van der Waals surface area contributed by atoms with Crippen molar-refractivity contribution >= 4 is 10.0 Å². The van der Waals surface area contributed by atoms with Crippen LogP contribution in [-0.4, -0.2) is 35.6 Å². The summed E-state index contributed by atoms with van der Waals surface area (Å²) in [7, 11) is -1.86. The molecule has 1 saturated heterocycles. The van der Waals surface area contributed by atoms with Gasteiger partial charge in [0, 0.05) is 31.3 Å². The molecule has 1 aromatic carbocycles. The lowest BCUT2D eigenvalue weighted by Crippen LogP contribution is -2.36. The maximum Gasteiger partial charge on any atom is 0.269 e. The first kappa shape index (κ1) is 19.3. The molecule has 4 rings (SSSR count). The summed E-state index contributed by atoms with van der Waals surface area (Å²) in [6.07, 6.45) is 6.52. The summed E-state index contributed by atoms with van der Waals surface area (Å²) < 4.78 is 29.5. The molecule has 0 bridgehead atoms. The van der Waals surface area contributed by atoms with E-state index in [0.717, 1.165) is 72.9 Å². The van der Waals surface area contributed by atoms with Gasteiger partial charge in [-0.25, -0.2) is 13.1 Å². The van der Waals surface area contributed by atoms with Gasteiger partial charge in [-0.1, -0.05) is 18.6 Å². The van der Waals surface area contributed by atoms with Crippen LogP contribution in [0.15, 0.2) is 27.9 Å². The predicted molar refractivity (Wildman–Crippen MR) is 109 cm³/mol. The third kappa shape index (κ3) is 3.31. The molecule has 2 heterocycles. The zero-order valence-electron chi connectivity index (χ0n) is 16.6. The molecule has 1 aromatic heterocycles. The van der Waals surface area contributed by atoms with Crippen molar-refractivity contribution in [1.82, 2.24) is 14.1 Å². The van der Waals surface area contributed by atoms with Crippen molar-refractivity contribution in [3.05, 3.63) is 45.2 Å². The Labute approximate surface area is 166 Å². The van der Waals surface area contributed by atoms with E-state index in [2.05, 4.69) is 5.10 Å². The molecule has 1 fully saturated rings. The first-order valence-electron chi connectivity index (χ1n) is 10.1. The van der Waals surface area contributed by atoms with Gasteiger partial charge in [0.15, 0.2) is 0 Å². The predicted octanol–water partition coefficient (Wildman–Crippen LogP) is 2.81. The highest BCUT2D eigenvalue weighted by Gasteiger charge is 2.28. The Morgan fingerprint density at radius 2 is 1.64 bits per heavy atom. The normalized spacial score (nSPS) is 18.1. The summed E-state index contributed by atoms with van der Waals surface area (Å²) in [5.41, 5.74) is 4.04. The van der Waals surface area contributed by atoms with Crippen LogP contribution in [0.3, 0.4) is 0 Å². The van der Waals surface area contributed by atoms with E-state index in [-0.39, 0.29) is 5.56 Å². The van der Waals surface area contributed by atoms with Crippen LogP contribution in [0.4, 0.5) is 0 Å². The number of rotatable bonds is 3. The minimum absolute atomic E-state index is 0.0354. The van der Waals surface area contributed by atoms with Crippen molar-refractivity contribution in [3.63, 3.8) is 0 Å². The quantitative estimate of drug-likeness (QED) is 0.793. The van der Waals surface area contributed by atoms with Crippen LogP contribution in [0.5, 0.6) is 0 Å². The van der Waals surface area contributed by atoms with Crippen LogP contribution < -0.4 is 5.56 Å². The fourth-order valence-corrected chi connectivity index (χ4v) is 6.12. The van der Waals surface area contributed by atoms with Crippen LogP contribution in [0, 0.1) is 6.92 Å². The Bertz CT molecular complexity index is 1070. The zero-order chi connectivity index (χ0) is 19.9. The van der Waals surface area contributed by atoms with Crippen molar-refractivity contribution in [2.45, 2.75) is 56.8 Å². The molecule has 2 aromatic rings. The number of benzene rings is 1. The molecular weight excluding hydrogens is 374 g/mol. The highest BCUT2D eigenvalue weighted by molar-refractivity contribution is 7.89. The van der Waals surface area contributed by atoms with Gasteiger partial charge in [0.25, 0.3) is 5.56 Å². The van der Waals surface area contributed by atoms with Gasteiger partial charge in [0.05, 0.1) is 10.6 Å². The van der Waals surface area contributed by atoms with Gasteiger partial charge in [-0.3, -0.25) is 4.79 Å². The lowest BCUT2D eigenvalue weighted by molar-refractivity contribution is 0.346. The number of nitrogens with zero attached hydrogens (tertiary/aromatic N) is 3. The van der Waals surface area contributed by atoms with Gasteiger partial charge in [0.2, 0.25) is 10.0 Å². The molecule has 2 aliphatic rings. The van der Waals surface area contributed by atoms with E-state index in [0.29, 0.717) is 18.0 Å². The molecule has 28 heavy (non-hydrogen) atoms. The number of fused-ring (bicyclic) bond motifs is 1. The van der Waals surface area contributed by atoms with Crippen LogP contribution in [0.25, 0.3) is 11.3 Å². The highest BCUT2D eigenvalue weighted by atomic mass is 32.2. The van der Waals surface area contributed by atoms with Crippen molar-refractivity contribution in [2.75, 3.05) is 13.1 Å². The highest BCUT2D eigenvalue weighted by Crippen LogP contribution is 2.32. The number of aromatic nitrogens is 2. The van der Waals surface area contributed by atoms with Crippen molar-refractivity contribution in [2.24, 2.45) is 7.05 Å². The van der Waals surface area contributed by atoms with Crippen LogP contribution in [0.2, 0.25) is 0 Å². The molecule has 0 atom stereocenters. The van der Waals surface area contributed by atoms with Gasteiger partial charge in [0.1, 0.15) is 0 Å². The van der Waals surface area contributed by atoms with Crippen molar-refractivity contribution in [1.29, 1.82) is 0 Å². The molecule has 0 amide bonds. The lowest BCUT2D eigenvalue weighted by Gasteiger charge is -2.27. The number of sulfonamides is 1. The summed E-state index contributed by atoms with van der Waals surface area (Å²) in [5, 5.41) is 4.52. The molecule has 6 nitrogen and oxygen atoms in total. The minimum atomic E-state index is -3.53. The molecule has 0 unspecified atom stereocenters. The maximum atomic E-state index is 13.3. The first-order valence-corrected chi connectivity index (χ1v) is 11.5. The van der Waals surface area contributed by atoms with E-state index in [1.807, 2.05) is 19.1 Å². The maximum absolute atomic E-state index is 13.3. The third-order valence-corrected chi connectivity index (χ3v) is 7.99. The molecule has 0 saturated carbocycles. The van der Waals surface area contributed by atoms with E-state index in [1.165, 1.54) is 4.68 Å². The summed E-state index contributed by atoms with van der Waals surface area (Å²) in [5.74, 6) is 0. The van der Waals surface area contributed by atoms with Crippen molar-refractivity contribution in [3.8, 4) is 11.3 Å². The summed E-state index contributed by atoms with van der Waals surface area (Å²) in [6, 6.07) is 5.53. The summed E-state index contributed by atoms with van der Waals surface area (Å²) in [6.45, 7) is 3.00. The third-order valence-electron chi connectivity index (χ3n) is 5.95. The molecule has 0 N–H and O–H groups in total. The molecule has 0 radical (unpaired) electrons. The monoisotopic (exact) mass is 401 g/mol. The lowest BCUT2D eigenvalue weighted by atomic mass is 9.89. The second-order valence-electron chi connectivity index (χ2n) is 7.89. The second kappa shape index (κ2) is 7.44. The Balaban J connectivity index is 1.84. The molecule has 150 valence electrons. The molecule has 0 spiro atoms. The molecule has 7 heteroatoms. The van der Waals surface area contributed by atoms with Gasteiger partial charge >= 0.3 is 0 Å². The number of piperidine rings is 1. The standard InChI is InChI=1S/C21H27N3O3S/c1-15-10-11-16(14-19(15)28(26,27)24-12-6-3-7-13-24)20-17-8-4-5-9-18(17)21(25)23(2)22-20/h10-11,14H,3-9,12-13H2,1-2H3. The smallest absolute Gasteiger partial charge is 0.268 e.